The third-order valence-electron chi connectivity index (χ3n) is 5.63. The van der Waals surface area contributed by atoms with Gasteiger partial charge in [0.15, 0.2) is 0 Å². The quantitative estimate of drug-likeness (QED) is 0.265. The minimum atomic E-state index is -0.911. The number of allylic oxidation sites excluding steroid dienone is 1. The van der Waals surface area contributed by atoms with Crippen molar-refractivity contribution in [3.63, 3.8) is 0 Å². The van der Waals surface area contributed by atoms with E-state index in [0.717, 1.165) is 11.0 Å². The summed E-state index contributed by atoms with van der Waals surface area (Å²) in [5, 5.41) is 24.0. The Morgan fingerprint density at radius 1 is 1.03 bits per heavy atom. The fourth-order valence-electron chi connectivity index (χ4n) is 3.85. The summed E-state index contributed by atoms with van der Waals surface area (Å²) < 4.78 is 17.3. The van der Waals surface area contributed by atoms with Gasteiger partial charge in [0.05, 0.1) is 39.9 Å². The standard InChI is InChI=1S/C25H23Cl3FN5O/c26-17-6-8-22-23(10-17)33(13-18(30)12-32-11-16-3-1-2-4-21(16)29)25(31)34(22)14-24(35)15-5-7-19(27)20(28)9-15/h1-10,12,24,31-32,35H,11,13-14,30H2/p+1/b18-12-,31-25?. The molecule has 0 radical (unpaired) electrons. The smallest absolute Gasteiger partial charge is 0.203 e. The number of rotatable bonds is 8. The number of quaternary nitrogens is 1. The highest BCUT2D eigenvalue weighted by Gasteiger charge is 2.17. The highest BCUT2D eigenvalue weighted by molar-refractivity contribution is 6.42. The summed E-state index contributed by atoms with van der Waals surface area (Å²) >= 11 is 18.4. The molecule has 1 heterocycles. The molecule has 1 atom stereocenters. The van der Waals surface area contributed by atoms with Gasteiger partial charge in [-0.15, -0.1) is 0 Å². The largest absolute Gasteiger partial charge is 0.387 e. The predicted octanol–water partition coefficient (Wildman–Crippen LogP) is 4.63. The van der Waals surface area contributed by atoms with Crippen molar-refractivity contribution in [3.05, 3.63) is 110 Å². The van der Waals surface area contributed by atoms with E-state index >= 15 is 0 Å². The summed E-state index contributed by atoms with van der Waals surface area (Å²) in [6, 6.07) is 16.8. The average Bonchev–Trinajstić information content (AvgIpc) is 3.07. The van der Waals surface area contributed by atoms with E-state index in [1.807, 2.05) is 6.07 Å². The molecule has 3 aromatic carbocycles. The van der Waals surface area contributed by atoms with Crippen LogP contribution in [0, 0.1) is 11.2 Å². The van der Waals surface area contributed by atoms with E-state index in [0.29, 0.717) is 45.0 Å². The maximum atomic E-state index is 13.8. The number of benzene rings is 3. The van der Waals surface area contributed by atoms with E-state index < -0.39 is 6.10 Å². The molecule has 0 amide bonds. The number of hydrogen-bond acceptors (Lipinski definition) is 3. The van der Waals surface area contributed by atoms with Gasteiger partial charge < -0.3 is 25.3 Å². The van der Waals surface area contributed by atoms with Crippen LogP contribution in [0.4, 0.5) is 4.39 Å². The lowest BCUT2D eigenvalue weighted by Gasteiger charge is -2.13. The normalized spacial score (nSPS) is 12.8. The maximum absolute atomic E-state index is 13.8. The number of aliphatic hydroxyl groups excluding tert-OH is 1. The Kier molecular flexibility index (Phi) is 7.84. The Hall–Kier alpha value is -2.81. The molecular weight excluding hydrogens is 512 g/mol. The topological polar surface area (TPSA) is 93.6 Å². The van der Waals surface area contributed by atoms with Gasteiger partial charge in [0.2, 0.25) is 5.62 Å². The third kappa shape index (κ3) is 5.72. The summed E-state index contributed by atoms with van der Waals surface area (Å²) in [5.74, 6) is -0.278. The van der Waals surface area contributed by atoms with Crippen molar-refractivity contribution in [2.24, 2.45) is 0 Å². The molecule has 0 bridgehead atoms. The number of halogens is 4. The SMILES string of the molecule is N=c1n(C/C([NH3+])=C/NCc2ccccc2F)c2cc(Cl)ccc2n1CC(O)c1ccc(Cl)c(Cl)c1. The number of fused-ring (bicyclic) bond motifs is 1. The molecule has 0 aliphatic heterocycles. The predicted molar refractivity (Wildman–Crippen MR) is 136 cm³/mol. The molecule has 0 fully saturated rings. The first-order chi connectivity index (χ1) is 16.7. The Labute approximate surface area is 216 Å². The van der Waals surface area contributed by atoms with Crippen LogP contribution in [0.2, 0.25) is 15.1 Å². The molecule has 0 aliphatic carbocycles. The van der Waals surface area contributed by atoms with Gasteiger partial charge in [-0.25, -0.2) is 4.39 Å². The van der Waals surface area contributed by atoms with Crippen molar-refractivity contribution in [2.45, 2.75) is 25.7 Å². The first-order valence-electron chi connectivity index (χ1n) is 10.8. The lowest BCUT2D eigenvalue weighted by atomic mass is 10.1. The lowest BCUT2D eigenvalue weighted by Crippen LogP contribution is -2.50. The van der Waals surface area contributed by atoms with Crippen LogP contribution in [0.1, 0.15) is 17.2 Å². The van der Waals surface area contributed by atoms with Gasteiger partial charge in [0.25, 0.3) is 0 Å². The summed E-state index contributed by atoms with van der Waals surface area (Å²) in [4.78, 5) is 0. The second-order valence-electron chi connectivity index (χ2n) is 8.12. The second-order valence-corrected chi connectivity index (χ2v) is 9.37. The van der Waals surface area contributed by atoms with Crippen LogP contribution in [0.3, 0.4) is 0 Å². The molecule has 0 saturated carbocycles. The van der Waals surface area contributed by atoms with Crippen molar-refractivity contribution in [3.8, 4) is 0 Å². The number of aromatic nitrogens is 2. The maximum Gasteiger partial charge on any atom is 0.203 e. The van der Waals surface area contributed by atoms with Crippen molar-refractivity contribution < 1.29 is 15.2 Å². The number of aliphatic hydroxyl groups is 1. The average molecular weight is 536 g/mol. The molecule has 6 nitrogen and oxygen atoms in total. The van der Waals surface area contributed by atoms with Gasteiger partial charge in [-0.05, 0) is 42.0 Å². The Bertz CT molecular complexity index is 1460. The van der Waals surface area contributed by atoms with Crippen LogP contribution in [-0.4, -0.2) is 14.2 Å². The van der Waals surface area contributed by atoms with Crippen molar-refractivity contribution in [1.29, 1.82) is 5.41 Å². The summed E-state index contributed by atoms with van der Waals surface area (Å²) in [7, 11) is 0. The Morgan fingerprint density at radius 2 is 1.80 bits per heavy atom. The van der Waals surface area contributed by atoms with E-state index in [1.165, 1.54) is 6.07 Å². The Morgan fingerprint density at radius 3 is 2.54 bits per heavy atom. The van der Waals surface area contributed by atoms with Gasteiger partial charge in [-0.1, -0.05) is 59.1 Å². The van der Waals surface area contributed by atoms with Crippen LogP contribution in [0.15, 0.2) is 72.6 Å². The van der Waals surface area contributed by atoms with Gasteiger partial charge >= 0.3 is 0 Å². The molecule has 4 rings (SSSR count). The summed E-state index contributed by atoms with van der Waals surface area (Å²) in [5.41, 5.74) is 7.54. The minimum absolute atomic E-state index is 0.129. The molecule has 4 aromatic rings. The molecule has 182 valence electrons. The zero-order chi connectivity index (χ0) is 25.1. The van der Waals surface area contributed by atoms with Gasteiger partial charge in [0, 0.05) is 17.1 Å². The van der Waals surface area contributed by atoms with Crippen LogP contribution in [0.5, 0.6) is 0 Å². The van der Waals surface area contributed by atoms with E-state index in [-0.39, 0.29) is 18.0 Å². The fraction of sp³-hybridized carbons (Fsp3) is 0.160. The van der Waals surface area contributed by atoms with Crippen molar-refractivity contribution >= 4 is 45.8 Å². The number of nitrogens with zero attached hydrogens (tertiary/aromatic N) is 2. The zero-order valence-electron chi connectivity index (χ0n) is 18.6. The number of imidazole rings is 1. The van der Waals surface area contributed by atoms with Gasteiger partial charge in [0.1, 0.15) is 18.1 Å². The van der Waals surface area contributed by atoms with Crippen LogP contribution in [0.25, 0.3) is 11.0 Å². The van der Waals surface area contributed by atoms with Crippen LogP contribution >= 0.6 is 34.8 Å². The van der Waals surface area contributed by atoms with E-state index in [1.54, 1.807) is 63.9 Å². The monoisotopic (exact) mass is 534 g/mol. The number of nitrogens with one attached hydrogen (secondary N) is 2. The van der Waals surface area contributed by atoms with E-state index in [9.17, 15) is 9.50 Å². The van der Waals surface area contributed by atoms with Gasteiger partial charge in [-0.3, -0.25) is 5.41 Å². The molecule has 35 heavy (non-hydrogen) atoms. The molecule has 1 unspecified atom stereocenters. The molecule has 0 saturated heterocycles. The van der Waals surface area contributed by atoms with Crippen molar-refractivity contribution in [2.75, 3.05) is 0 Å². The molecular formula is C25H24Cl3FN5O+. The van der Waals surface area contributed by atoms with Crippen LogP contribution < -0.4 is 16.7 Å². The third-order valence-corrected chi connectivity index (χ3v) is 6.61. The van der Waals surface area contributed by atoms with Crippen molar-refractivity contribution in [1.82, 2.24) is 14.5 Å². The van der Waals surface area contributed by atoms with E-state index in [2.05, 4.69) is 11.1 Å². The zero-order valence-corrected chi connectivity index (χ0v) is 20.9. The van der Waals surface area contributed by atoms with Gasteiger partial charge in [-0.2, -0.15) is 0 Å². The highest BCUT2D eigenvalue weighted by atomic mass is 35.5. The fourth-order valence-corrected chi connectivity index (χ4v) is 4.33. The molecule has 10 heteroatoms. The molecule has 6 N–H and O–H groups in total. The van der Waals surface area contributed by atoms with Crippen LogP contribution in [-0.2, 0) is 19.6 Å². The summed E-state index contributed by atoms with van der Waals surface area (Å²) in [6.45, 7) is 0.743. The Balaban J connectivity index is 1.60. The number of hydrogen-bond donors (Lipinski definition) is 4. The first-order valence-corrected chi connectivity index (χ1v) is 11.9. The second kappa shape index (κ2) is 10.8. The minimum Gasteiger partial charge on any atom is -0.387 e. The molecule has 1 aromatic heterocycles. The first kappa shape index (κ1) is 25.3. The summed E-state index contributed by atoms with van der Waals surface area (Å²) in [6.07, 6.45) is 0.794. The molecule has 0 aliphatic rings. The highest BCUT2D eigenvalue weighted by Crippen LogP contribution is 2.27. The lowest BCUT2D eigenvalue weighted by molar-refractivity contribution is -0.308. The molecule has 0 spiro atoms. The van der Waals surface area contributed by atoms with E-state index in [4.69, 9.17) is 40.2 Å².